The number of nitrogens with zero attached hydrogens (tertiary/aromatic N) is 1. The van der Waals surface area contributed by atoms with E-state index in [0.717, 1.165) is 43.2 Å². The minimum atomic E-state index is -0.0633. The summed E-state index contributed by atoms with van der Waals surface area (Å²) in [6.45, 7) is 4.27. The summed E-state index contributed by atoms with van der Waals surface area (Å²) < 4.78 is 10.7. The number of hydrogen-bond donors (Lipinski definition) is 2. The van der Waals surface area contributed by atoms with E-state index < -0.39 is 0 Å². The lowest BCUT2D eigenvalue weighted by Gasteiger charge is -2.32. The third kappa shape index (κ3) is 2.09. The Labute approximate surface area is 100 Å². The first-order valence-corrected chi connectivity index (χ1v) is 5.94. The second-order valence-electron chi connectivity index (χ2n) is 4.34. The fraction of sp³-hybridized carbons (Fsp3) is 0.500. The molecule has 0 amide bonds. The molecule has 1 fully saturated rings. The van der Waals surface area contributed by atoms with Crippen LogP contribution in [0.3, 0.4) is 0 Å². The van der Waals surface area contributed by atoms with E-state index in [1.165, 1.54) is 0 Å². The number of hydrogen-bond acceptors (Lipinski definition) is 5. The molecule has 1 atom stereocenters. The van der Waals surface area contributed by atoms with E-state index >= 15 is 0 Å². The van der Waals surface area contributed by atoms with Gasteiger partial charge < -0.3 is 20.5 Å². The smallest absolute Gasteiger partial charge is 0.231 e. The number of fused-ring (bicyclic) bond motifs is 1. The molecule has 17 heavy (non-hydrogen) atoms. The Morgan fingerprint density at radius 2 is 1.94 bits per heavy atom. The van der Waals surface area contributed by atoms with Gasteiger partial charge in [-0.2, -0.15) is 0 Å². The molecule has 3 rings (SSSR count). The van der Waals surface area contributed by atoms with Crippen LogP contribution in [0, 0.1) is 0 Å². The van der Waals surface area contributed by atoms with Gasteiger partial charge in [-0.25, -0.2) is 0 Å². The molecule has 0 aromatic heterocycles. The van der Waals surface area contributed by atoms with Crippen molar-refractivity contribution in [1.29, 1.82) is 0 Å². The van der Waals surface area contributed by atoms with Gasteiger partial charge in [0.2, 0.25) is 6.79 Å². The molecule has 3 N–H and O–H groups in total. The Balaban J connectivity index is 1.78. The van der Waals surface area contributed by atoms with E-state index in [1.54, 1.807) is 0 Å². The summed E-state index contributed by atoms with van der Waals surface area (Å²) in [4.78, 5) is 2.27. The van der Waals surface area contributed by atoms with Crippen LogP contribution in [0.4, 0.5) is 0 Å². The predicted octanol–water partition coefficient (Wildman–Crippen LogP) is 0.278. The molecular formula is C12H17N3O2. The number of nitrogens with two attached hydrogens (primary N) is 1. The van der Waals surface area contributed by atoms with Crippen molar-refractivity contribution >= 4 is 0 Å². The molecule has 5 heteroatoms. The van der Waals surface area contributed by atoms with Crippen molar-refractivity contribution in [2.75, 3.05) is 33.0 Å². The average molecular weight is 235 g/mol. The standard InChI is InChI=1S/C12H17N3O2/c13-12(15-5-3-14-4-6-15)9-1-2-10-11(7-9)17-8-16-10/h1-2,7,12,14H,3-6,8,13H2. The molecule has 2 heterocycles. The maximum atomic E-state index is 6.27. The van der Waals surface area contributed by atoms with Crippen LogP contribution in [-0.4, -0.2) is 37.9 Å². The van der Waals surface area contributed by atoms with E-state index in [-0.39, 0.29) is 6.17 Å². The van der Waals surface area contributed by atoms with E-state index in [1.807, 2.05) is 18.2 Å². The lowest BCUT2D eigenvalue weighted by Crippen LogP contribution is -2.47. The molecule has 1 unspecified atom stereocenters. The summed E-state index contributed by atoms with van der Waals surface area (Å²) in [6, 6.07) is 5.93. The van der Waals surface area contributed by atoms with Gasteiger partial charge in [-0.1, -0.05) is 6.07 Å². The van der Waals surface area contributed by atoms with Crippen molar-refractivity contribution in [2.45, 2.75) is 6.17 Å². The molecule has 0 bridgehead atoms. The van der Waals surface area contributed by atoms with Gasteiger partial charge in [0.1, 0.15) is 0 Å². The maximum Gasteiger partial charge on any atom is 0.231 e. The highest BCUT2D eigenvalue weighted by atomic mass is 16.7. The Hall–Kier alpha value is -1.30. The highest BCUT2D eigenvalue weighted by Gasteiger charge is 2.21. The Bertz CT molecular complexity index is 405. The minimum Gasteiger partial charge on any atom is -0.454 e. The Kier molecular flexibility index (Phi) is 2.88. The van der Waals surface area contributed by atoms with Crippen molar-refractivity contribution in [3.8, 4) is 11.5 Å². The van der Waals surface area contributed by atoms with Crippen molar-refractivity contribution in [1.82, 2.24) is 10.2 Å². The van der Waals surface area contributed by atoms with Crippen LogP contribution < -0.4 is 20.5 Å². The first kappa shape index (κ1) is 10.8. The second-order valence-corrected chi connectivity index (χ2v) is 4.34. The summed E-state index contributed by atoms with van der Waals surface area (Å²) in [7, 11) is 0. The van der Waals surface area contributed by atoms with Crippen LogP contribution in [0.15, 0.2) is 18.2 Å². The Morgan fingerprint density at radius 1 is 1.18 bits per heavy atom. The molecule has 1 saturated heterocycles. The zero-order valence-electron chi connectivity index (χ0n) is 9.69. The van der Waals surface area contributed by atoms with Crippen molar-refractivity contribution in [3.05, 3.63) is 23.8 Å². The molecule has 0 spiro atoms. The zero-order chi connectivity index (χ0) is 11.7. The fourth-order valence-corrected chi connectivity index (χ4v) is 2.27. The molecule has 0 radical (unpaired) electrons. The highest BCUT2D eigenvalue weighted by Crippen LogP contribution is 2.34. The molecule has 5 nitrogen and oxygen atoms in total. The van der Waals surface area contributed by atoms with Gasteiger partial charge in [0, 0.05) is 26.2 Å². The number of piperazine rings is 1. The number of ether oxygens (including phenoxy) is 2. The molecule has 0 saturated carbocycles. The van der Waals surface area contributed by atoms with Gasteiger partial charge in [0.25, 0.3) is 0 Å². The minimum absolute atomic E-state index is 0.0633. The summed E-state index contributed by atoms with van der Waals surface area (Å²) >= 11 is 0. The highest BCUT2D eigenvalue weighted by molar-refractivity contribution is 5.45. The van der Waals surface area contributed by atoms with Crippen LogP contribution in [0.25, 0.3) is 0 Å². The first-order chi connectivity index (χ1) is 8.34. The number of benzene rings is 1. The zero-order valence-corrected chi connectivity index (χ0v) is 9.69. The first-order valence-electron chi connectivity index (χ1n) is 5.94. The molecule has 0 aliphatic carbocycles. The summed E-state index contributed by atoms with van der Waals surface area (Å²) in [5.74, 6) is 1.61. The molecule has 1 aromatic carbocycles. The van der Waals surface area contributed by atoms with Gasteiger partial charge in [-0.15, -0.1) is 0 Å². The number of nitrogens with one attached hydrogen (secondary N) is 1. The quantitative estimate of drug-likeness (QED) is 0.771. The van der Waals surface area contributed by atoms with E-state index in [9.17, 15) is 0 Å². The van der Waals surface area contributed by atoms with Crippen molar-refractivity contribution in [3.63, 3.8) is 0 Å². The normalized spacial score (nSPS) is 21.5. The van der Waals surface area contributed by atoms with Crippen LogP contribution in [0.2, 0.25) is 0 Å². The van der Waals surface area contributed by atoms with E-state index in [2.05, 4.69) is 10.2 Å². The molecule has 2 aliphatic rings. The third-order valence-electron chi connectivity index (χ3n) is 3.28. The van der Waals surface area contributed by atoms with Gasteiger partial charge in [0.05, 0.1) is 6.17 Å². The van der Waals surface area contributed by atoms with Crippen molar-refractivity contribution < 1.29 is 9.47 Å². The lowest BCUT2D eigenvalue weighted by molar-refractivity contribution is 0.172. The van der Waals surface area contributed by atoms with Gasteiger partial charge in [-0.05, 0) is 17.7 Å². The Morgan fingerprint density at radius 3 is 2.76 bits per heavy atom. The summed E-state index contributed by atoms with van der Waals surface area (Å²) in [5.41, 5.74) is 7.35. The molecular weight excluding hydrogens is 218 g/mol. The number of rotatable bonds is 2. The van der Waals surface area contributed by atoms with E-state index in [0.29, 0.717) is 6.79 Å². The lowest BCUT2D eigenvalue weighted by atomic mass is 10.1. The summed E-state index contributed by atoms with van der Waals surface area (Å²) in [6.07, 6.45) is -0.0633. The average Bonchev–Trinajstić information content (AvgIpc) is 2.86. The third-order valence-corrected chi connectivity index (χ3v) is 3.28. The van der Waals surface area contributed by atoms with Gasteiger partial charge in [0.15, 0.2) is 11.5 Å². The SMILES string of the molecule is NC(c1ccc2c(c1)OCO2)N1CCNCC1. The fourth-order valence-electron chi connectivity index (χ4n) is 2.27. The van der Waals surface area contributed by atoms with Crippen LogP contribution in [0.5, 0.6) is 11.5 Å². The van der Waals surface area contributed by atoms with Crippen molar-refractivity contribution in [2.24, 2.45) is 5.73 Å². The molecule has 1 aromatic rings. The maximum absolute atomic E-state index is 6.27. The van der Waals surface area contributed by atoms with Gasteiger partial charge >= 0.3 is 0 Å². The van der Waals surface area contributed by atoms with Crippen LogP contribution in [0.1, 0.15) is 11.7 Å². The van der Waals surface area contributed by atoms with Crippen LogP contribution in [-0.2, 0) is 0 Å². The summed E-state index contributed by atoms with van der Waals surface area (Å²) in [5, 5.41) is 3.32. The van der Waals surface area contributed by atoms with Gasteiger partial charge in [-0.3, -0.25) is 4.90 Å². The second kappa shape index (κ2) is 4.52. The monoisotopic (exact) mass is 235 g/mol. The van der Waals surface area contributed by atoms with E-state index in [4.69, 9.17) is 15.2 Å². The van der Waals surface area contributed by atoms with Crippen LogP contribution >= 0.6 is 0 Å². The molecule has 2 aliphatic heterocycles. The molecule has 92 valence electrons. The predicted molar refractivity (Wildman–Crippen MR) is 63.9 cm³/mol. The largest absolute Gasteiger partial charge is 0.454 e. The topological polar surface area (TPSA) is 59.8 Å².